The number of nitrogens with two attached hydrogens (primary N) is 3. The highest BCUT2D eigenvalue weighted by Gasteiger charge is 2.37. The van der Waals surface area contributed by atoms with E-state index in [4.69, 9.17) is 22.3 Å². The number of hydrogen-bond acceptors (Lipinski definition) is 6. The average molecular weight is 442 g/mol. The van der Waals surface area contributed by atoms with Crippen LogP contribution in [0.4, 0.5) is 0 Å². The van der Waals surface area contributed by atoms with E-state index in [0.29, 0.717) is 38.8 Å². The predicted octanol–water partition coefficient (Wildman–Crippen LogP) is -1.77. The van der Waals surface area contributed by atoms with Crippen LogP contribution in [0.15, 0.2) is 4.99 Å². The van der Waals surface area contributed by atoms with E-state index >= 15 is 0 Å². The largest absolute Gasteiger partial charge is 0.481 e. The van der Waals surface area contributed by atoms with Crippen LogP contribution in [0, 0.1) is 0 Å². The molecule has 3 atom stereocenters. The van der Waals surface area contributed by atoms with Crippen LogP contribution >= 0.6 is 0 Å². The minimum Gasteiger partial charge on any atom is -0.481 e. The number of likely N-dealkylation sites (tertiary alicyclic amines) is 1. The maximum Gasteiger partial charge on any atom is 0.303 e. The van der Waals surface area contributed by atoms with Crippen molar-refractivity contribution < 1.29 is 24.3 Å². The minimum absolute atomic E-state index is 0.0323. The fraction of sp³-hybridized carbons (Fsp3) is 0.737. The molecular formula is C19H35N7O5. The SMILES string of the molecule is CC(C)NC(=O)[C@H](CCC(=O)O)NC(=O)[C@@H]1CCCN1C(=O)[C@@H](N)CCCN=C(N)N. The summed E-state index contributed by atoms with van der Waals surface area (Å²) in [4.78, 5) is 54.2. The molecule has 31 heavy (non-hydrogen) atoms. The van der Waals surface area contributed by atoms with Crippen molar-refractivity contribution in [3.63, 3.8) is 0 Å². The van der Waals surface area contributed by atoms with Gasteiger partial charge < -0.3 is 37.8 Å². The molecule has 1 fully saturated rings. The molecule has 0 aliphatic carbocycles. The summed E-state index contributed by atoms with van der Waals surface area (Å²) in [6.45, 7) is 4.26. The number of guanidine groups is 1. The first-order valence-electron chi connectivity index (χ1n) is 10.5. The first kappa shape index (κ1) is 26.1. The molecule has 0 saturated carbocycles. The number of aliphatic carboxylic acids is 1. The Kier molecular flexibility index (Phi) is 10.7. The zero-order valence-corrected chi connectivity index (χ0v) is 18.2. The number of rotatable bonds is 12. The highest BCUT2D eigenvalue weighted by atomic mass is 16.4. The van der Waals surface area contributed by atoms with Gasteiger partial charge in [-0.15, -0.1) is 0 Å². The summed E-state index contributed by atoms with van der Waals surface area (Å²) in [5.41, 5.74) is 16.5. The molecular weight excluding hydrogens is 406 g/mol. The van der Waals surface area contributed by atoms with Gasteiger partial charge in [0.1, 0.15) is 12.1 Å². The summed E-state index contributed by atoms with van der Waals surface area (Å²) in [6, 6.07) is -2.72. The second kappa shape index (κ2) is 12.7. The number of hydrogen-bond donors (Lipinski definition) is 6. The highest BCUT2D eigenvalue weighted by molar-refractivity contribution is 5.93. The molecule has 12 nitrogen and oxygen atoms in total. The molecule has 3 amide bonds. The fourth-order valence-electron chi connectivity index (χ4n) is 3.35. The summed E-state index contributed by atoms with van der Waals surface area (Å²) in [7, 11) is 0. The van der Waals surface area contributed by atoms with E-state index in [1.165, 1.54) is 4.90 Å². The maximum absolute atomic E-state index is 12.8. The summed E-state index contributed by atoms with van der Waals surface area (Å²) in [5.74, 6) is -2.41. The van der Waals surface area contributed by atoms with Gasteiger partial charge in [-0.1, -0.05) is 0 Å². The summed E-state index contributed by atoms with van der Waals surface area (Å²) < 4.78 is 0. The minimum atomic E-state index is -1.07. The molecule has 9 N–H and O–H groups in total. The van der Waals surface area contributed by atoms with Crippen LogP contribution in [0.25, 0.3) is 0 Å². The lowest BCUT2D eigenvalue weighted by Gasteiger charge is -2.28. The van der Waals surface area contributed by atoms with Crippen LogP contribution in [0.5, 0.6) is 0 Å². The van der Waals surface area contributed by atoms with Gasteiger partial charge >= 0.3 is 5.97 Å². The van der Waals surface area contributed by atoms with Gasteiger partial charge in [-0.2, -0.15) is 0 Å². The molecule has 176 valence electrons. The highest BCUT2D eigenvalue weighted by Crippen LogP contribution is 2.19. The number of amides is 3. The molecule has 0 radical (unpaired) electrons. The maximum atomic E-state index is 12.8. The van der Waals surface area contributed by atoms with E-state index in [9.17, 15) is 19.2 Å². The van der Waals surface area contributed by atoms with Crippen molar-refractivity contribution >= 4 is 29.7 Å². The zero-order chi connectivity index (χ0) is 23.6. The van der Waals surface area contributed by atoms with Crippen LogP contribution in [0.3, 0.4) is 0 Å². The van der Waals surface area contributed by atoms with Gasteiger partial charge in [0.25, 0.3) is 0 Å². The van der Waals surface area contributed by atoms with Crippen LogP contribution in [-0.4, -0.2) is 76.9 Å². The monoisotopic (exact) mass is 441 g/mol. The number of carboxylic acids is 1. The van der Waals surface area contributed by atoms with Crippen molar-refractivity contribution in [1.29, 1.82) is 0 Å². The molecule has 1 heterocycles. The van der Waals surface area contributed by atoms with Gasteiger partial charge in [0.05, 0.1) is 6.04 Å². The smallest absolute Gasteiger partial charge is 0.303 e. The normalized spacial score (nSPS) is 17.7. The molecule has 0 bridgehead atoms. The molecule has 12 heteroatoms. The third-order valence-electron chi connectivity index (χ3n) is 4.83. The Morgan fingerprint density at radius 2 is 1.84 bits per heavy atom. The van der Waals surface area contributed by atoms with E-state index in [0.717, 1.165) is 0 Å². The fourth-order valence-corrected chi connectivity index (χ4v) is 3.35. The van der Waals surface area contributed by atoms with Crippen molar-refractivity contribution in [1.82, 2.24) is 15.5 Å². The predicted molar refractivity (Wildman–Crippen MR) is 115 cm³/mol. The zero-order valence-electron chi connectivity index (χ0n) is 18.2. The molecule has 0 aromatic carbocycles. The standard InChI is InChI=1S/C19H35N7O5/c1-11(2)24-16(29)13(7-8-15(27)28)25-17(30)14-6-4-10-26(14)18(31)12(20)5-3-9-23-19(21)22/h11-14H,3-10,20H2,1-2H3,(H,24,29)(H,25,30)(H,27,28)(H4,21,22,23)/t12-,13-,14-/m0/s1. The van der Waals surface area contributed by atoms with E-state index in [-0.39, 0.29) is 30.8 Å². The lowest BCUT2D eigenvalue weighted by Crippen LogP contribution is -2.55. The molecule has 1 aliphatic heterocycles. The second-order valence-corrected chi connectivity index (χ2v) is 7.90. The number of nitrogens with zero attached hydrogens (tertiary/aromatic N) is 2. The summed E-state index contributed by atoms with van der Waals surface area (Å²) in [6.07, 6.45) is 1.62. The molecule has 1 saturated heterocycles. The lowest BCUT2D eigenvalue weighted by molar-refractivity contribution is -0.140. The first-order chi connectivity index (χ1) is 14.5. The summed E-state index contributed by atoms with van der Waals surface area (Å²) in [5, 5.41) is 14.2. The molecule has 0 aromatic heterocycles. The average Bonchev–Trinajstić information content (AvgIpc) is 3.16. The Bertz CT molecular complexity index is 679. The number of nitrogens with one attached hydrogen (secondary N) is 2. The van der Waals surface area contributed by atoms with Crippen molar-refractivity contribution in [3.05, 3.63) is 0 Å². The van der Waals surface area contributed by atoms with Crippen LogP contribution in [0.2, 0.25) is 0 Å². The van der Waals surface area contributed by atoms with Crippen molar-refractivity contribution in [2.75, 3.05) is 13.1 Å². The van der Waals surface area contributed by atoms with Crippen LogP contribution in [-0.2, 0) is 19.2 Å². The topological polar surface area (TPSA) is 206 Å². The number of carboxylic acid groups (broad SMARTS) is 1. The van der Waals surface area contributed by atoms with Gasteiger partial charge in [-0.3, -0.25) is 24.2 Å². The van der Waals surface area contributed by atoms with Crippen molar-refractivity contribution in [2.45, 2.75) is 76.5 Å². The Hall–Kier alpha value is -2.89. The third kappa shape index (κ3) is 9.20. The van der Waals surface area contributed by atoms with E-state index < -0.39 is 35.9 Å². The van der Waals surface area contributed by atoms with Gasteiger partial charge in [0.15, 0.2) is 5.96 Å². The molecule has 1 aliphatic rings. The van der Waals surface area contributed by atoms with E-state index in [1.54, 1.807) is 13.8 Å². The van der Waals surface area contributed by atoms with E-state index in [1.807, 2.05) is 0 Å². The first-order valence-corrected chi connectivity index (χ1v) is 10.5. The molecule has 0 unspecified atom stereocenters. The van der Waals surface area contributed by atoms with Crippen LogP contribution in [0.1, 0.15) is 52.4 Å². The van der Waals surface area contributed by atoms with Crippen molar-refractivity contribution in [2.24, 2.45) is 22.2 Å². The second-order valence-electron chi connectivity index (χ2n) is 7.90. The van der Waals surface area contributed by atoms with Crippen molar-refractivity contribution in [3.8, 4) is 0 Å². The van der Waals surface area contributed by atoms with Gasteiger partial charge in [0, 0.05) is 25.6 Å². The number of carbonyl (C=O) groups excluding carboxylic acids is 3. The molecule has 0 spiro atoms. The third-order valence-corrected chi connectivity index (χ3v) is 4.83. The Balaban J connectivity index is 2.75. The van der Waals surface area contributed by atoms with Gasteiger partial charge in [-0.25, -0.2) is 0 Å². The van der Waals surface area contributed by atoms with Crippen LogP contribution < -0.4 is 27.8 Å². The number of carbonyl (C=O) groups is 4. The Labute approximate surface area is 182 Å². The summed E-state index contributed by atoms with van der Waals surface area (Å²) >= 11 is 0. The lowest BCUT2D eigenvalue weighted by atomic mass is 10.1. The van der Waals surface area contributed by atoms with E-state index in [2.05, 4.69) is 15.6 Å². The Morgan fingerprint density at radius 3 is 2.42 bits per heavy atom. The number of aliphatic imine (C=N–C) groups is 1. The Morgan fingerprint density at radius 1 is 1.16 bits per heavy atom. The molecule has 1 rings (SSSR count). The van der Waals surface area contributed by atoms with Gasteiger partial charge in [-0.05, 0) is 46.0 Å². The quantitative estimate of drug-likeness (QED) is 0.116. The molecule has 0 aromatic rings. The van der Waals surface area contributed by atoms with Gasteiger partial charge in [0.2, 0.25) is 17.7 Å².